The molecular weight excluding hydrogens is 362 g/mol. The summed E-state index contributed by atoms with van der Waals surface area (Å²) in [6.45, 7) is 16.6. The van der Waals surface area contributed by atoms with Gasteiger partial charge in [-0.1, -0.05) is 20.6 Å². The molecule has 1 aromatic carbocycles. The summed E-state index contributed by atoms with van der Waals surface area (Å²) < 4.78 is 16.9. The molecule has 0 N–H and O–H groups in total. The number of ether oxygens (including phenoxy) is 2. The van der Waals surface area contributed by atoms with Gasteiger partial charge in [-0.3, -0.25) is 0 Å². The van der Waals surface area contributed by atoms with Crippen LogP contribution in [-0.4, -0.2) is 26.4 Å². The van der Waals surface area contributed by atoms with Crippen LogP contribution in [0.1, 0.15) is 53.1 Å². The van der Waals surface area contributed by atoms with Crippen LogP contribution < -0.4 is 0 Å². The Kier molecular flexibility index (Phi) is 11.8. The average Bonchev–Trinajstić information content (AvgIpc) is 2.63. The van der Waals surface area contributed by atoms with Gasteiger partial charge >= 0.3 is 0 Å². The predicted octanol–water partition coefficient (Wildman–Crippen LogP) is 5.89. The van der Waals surface area contributed by atoms with Crippen LogP contribution in [0.5, 0.6) is 0 Å². The smallest absolute Gasteiger partial charge is 0.0723 e. The molecule has 1 aromatic rings. The summed E-state index contributed by atoms with van der Waals surface area (Å²) in [5, 5.41) is 0. The lowest BCUT2D eigenvalue weighted by Crippen LogP contribution is -2.09. The maximum absolute atomic E-state index is 5.87. The highest BCUT2D eigenvalue weighted by Gasteiger charge is 2.12. The highest BCUT2D eigenvalue weighted by atomic mass is 32.0. The summed E-state index contributed by atoms with van der Waals surface area (Å²) in [5.41, 5.74) is 9.59. The molecule has 1 rings (SSSR count). The van der Waals surface area contributed by atoms with Gasteiger partial charge in [0, 0.05) is 15.1 Å². The second-order valence-electron chi connectivity index (χ2n) is 6.85. The summed E-state index contributed by atoms with van der Waals surface area (Å²) in [4.78, 5) is 0. The molecule has 26 heavy (non-hydrogen) atoms. The normalized spacial score (nSPS) is 12.5. The van der Waals surface area contributed by atoms with E-state index in [1.165, 1.54) is 39.0 Å². The molecule has 0 aliphatic rings. The predicted molar refractivity (Wildman–Crippen MR) is 118 cm³/mol. The van der Waals surface area contributed by atoms with E-state index in [9.17, 15) is 0 Å². The Labute approximate surface area is 164 Å². The molecule has 0 saturated heterocycles. The third-order valence-corrected chi connectivity index (χ3v) is 6.07. The van der Waals surface area contributed by atoms with E-state index < -0.39 is 0 Å². The molecule has 0 amide bonds. The largest absolute Gasteiger partial charge is 0.379 e. The van der Waals surface area contributed by atoms with E-state index in [1.807, 2.05) is 0 Å². The molecule has 5 heteroatoms. The molecule has 0 radical (unpaired) electrons. The van der Waals surface area contributed by atoms with Crippen LogP contribution in [0.2, 0.25) is 0 Å². The van der Waals surface area contributed by atoms with Crippen LogP contribution in [0.3, 0.4) is 0 Å². The Morgan fingerprint density at radius 2 is 1.46 bits per heavy atom. The molecule has 0 bridgehead atoms. The maximum atomic E-state index is 5.87. The van der Waals surface area contributed by atoms with Crippen molar-refractivity contribution in [2.45, 2.75) is 61.0 Å². The van der Waals surface area contributed by atoms with E-state index in [-0.39, 0.29) is 0 Å². The van der Waals surface area contributed by atoms with Gasteiger partial charge < -0.3 is 14.0 Å². The highest BCUT2D eigenvalue weighted by Crippen LogP contribution is 2.26. The monoisotopic (exact) mass is 398 g/mol. The Balaban J connectivity index is 2.23. The van der Waals surface area contributed by atoms with E-state index in [1.54, 1.807) is 0 Å². The van der Waals surface area contributed by atoms with Crippen molar-refractivity contribution in [3.8, 4) is 0 Å². The van der Waals surface area contributed by atoms with Crippen LogP contribution in [-0.2, 0) is 20.6 Å². The van der Waals surface area contributed by atoms with Crippen molar-refractivity contribution in [3.63, 3.8) is 0 Å². The summed E-state index contributed by atoms with van der Waals surface area (Å²) in [6.07, 6.45) is 4.25. The SMILES string of the molecule is C/C(=C\COPP)CCCOCCOCc1c(C)c(C)c(C)c(C)c1C. The topological polar surface area (TPSA) is 27.7 Å². The van der Waals surface area contributed by atoms with Crippen molar-refractivity contribution in [1.82, 2.24) is 0 Å². The zero-order valence-electron chi connectivity index (χ0n) is 17.3. The first-order chi connectivity index (χ1) is 12.4. The van der Waals surface area contributed by atoms with Crippen molar-refractivity contribution in [1.29, 1.82) is 0 Å². The van der Waals surface area contributed by atoms with Gasteiger partial charge in [0.15, 0.2) is 0 Å². The highest BCUT2D eigenvalue weighted by molar-refractivity contribution is 8.00. The van der Waals surface area contributed by atoms with Crippen molar-refractivity contribution in [3.05, 3.63) is 45.0 Å². The van der Waals surface area contributed by atoms with Gasteiger partial charge in [0.1, 0.15) is 0 Å². The minimum atomic E-state index is 0.478. The molecule has 0 fully saturated rings. The first-order valence-corrected chi connectivity index (χ1v) is 12.1. The zero-order chi connectivity index (χ0) is 19.5. The van der Waals surface area contributed by atoms with Gasteiger partial charge in [-0.15, -0.1) is 0 Å². The summed E-state index contributed by atoms with van der Waals surface area (Å²) in [5.74, 6) is 0. The van der Waals surface area contributed by atoms with Crippen LogP contribution in [0.15, 0.2) is 11.6 Å². The molecule has 0 aliphatic heterocycles. The standard InChI is InChI=1S/C21H36O3P2/c1-15(9-11-24-26-25)8-7-10-22-12-13-23-14-21-19(5)17(3)16(2)18(4)20(21)6/h9,26H,7-8,10-14,25H2,1-6H3/b15-9+. The maximum Gasteiger partial charge on any atom is 0.0723 e. The van der Waals surface area contributed by atoms with Crippen molar-refractivity contribution in [2.24, 2.45) is 0 Å². The number of benzene rings is 1. The van der Waals surface area contributed by atoms with Gasteiger partial charge in [0.2, 0.25) is 0 Å². The first kappa shape index (κ1) is 23.7. The molecular formula is C21H36O3P2. The Bertz CT molecular complexity index is 568. The Morgan fingerprint density at radius 3 is 2.08 bits per heavy atom. The number of hydrogen-bond acceptors (Lipinski definition) is 3. The van der Waals surface area contributed by atoms with E-state index in [0.717, 1.165) is 19.4 Å². The molecule has 0 aromatic heterocycles. The minimum absolute atomic E-state index is 0.478. The first-order valence-electron chi connectivity index (χ1n) is 9.34. The fraction of sp³-hybridized carbons (Fsp3) is 0.619. The second-order valence-corrected chi connectivity index (χ2v) is 8.08. The lowest BCUT2D eigenvalue weighted by Gasteiger charge is -2.18. The zero-order valence-corrected chi connectivity index (χ0v) is 19.5. The van der Waals surface area contributed by atoms with Crippen LogP contribution in [0.25, 0.3) is 0 Å². The number of allylic oxidation sites excluding steroid dienone is 1. The quantitative estimate of drug-likeness (QED) is 0.250. The molecule has 0 heterocycles. The van der Waals surface area contributed by atoms with Gasteiger partial charge in [0.05, 0.1) is 26.4 Å². The van der Waals surface area contributed by atoms with E-state index in [0.29, 0.717) is 34.9 Å². The van der Waals surface area contributed by atoms with Gasteiger partial charge in [-0.05, 0) is 87.8 Å². The molecule has 0 aliphatic carbocycles. The minimum Gasteiger partial charge on any atom is -0.379 e. The molecule has 148 valence electrons. The third kappa shape index (κ3) is 7.75. The third-order valence-electron chi connectivity index (χ3n) is 5.23. The molecule has 2 unspecified atom stereocenters. The molecule has 3 nitrogen and oxygen atoms in total. The van der Waals surface area contributed by atoms with E-state index >= 15 is 0 Å². The molecule has 0 saturated carbocycles. The van der Waals surface area contributed by atoms with Crippen molar-refractivity contribution in [2.75, 3.05) is 26.4 Å². The second kappa shape index (κ2) is 13.0. The van der Waals surface area contributed by atoms with Gasteiger partial charge in [-0.2, -0.15) is 0 Å². The lowest BCUT2D eigenvalue weighted by atomic mass is 9.90. The van der Waals surface area contributed by atoms with Gasteiger partial charge in [-0.25, -0.2) is 0 Å². The van der Waals surface area contributed by atoms with E-state index in [2.05, 4.69) is 56.5 Å². The Hall–Kier alpha value is -0.300. The fourth-order valence-corrected chi connectivity index (χ4v) is 3.44. The van der Waals surface area contributed by atoms with Gasteiger partial charge in [0.25, 0.3) is 0 Å². The van der Waals surface area contributed by atoms with Crippen molar-refractivity contribution < 1.29 is 14.0 Å². The average molecular weight is 398 g/mol. The number of hydrogen-bond donors (Lipinski definition) is 0. The van der Waals surface area contributed by atoms with Crippen LogP contribution >= 0.6 is 17.4 Å². The number of rotatable bonds is 12. The summed E-state index contributed by atoms with van der Waals surface area (Å²) in [7, 11) is 3.07. The lowest BCUT2D eigenvalue weighted by molar-refractivity contribution is 0.0395. The van der Waals surface area contributed by atoms with Crippen LogP contribution in [0.4, 0.5) is 0 Å². The van der Waals surface area contributed by atoms with Crippen molar-refractivity contribution >= 4 is 17.4 Å². The van der Waals surface area contributed by atoms with Crippen LogP contribution in [0, 0.1) is 34.6 Å². The van der Waals surface area contributed by atoms with E-state index in [4.69, 9.17) is 14.0 Å². The fourth-order valence-electron chi connectivity index (χ4n) is 2.98. The summed E-state index contributed by atoms with van der Waals surface area (Å²) in [6, 6.07) is 0. The molecule has 2 atom stereocenters. The summed E-state index contributed by atoms with van der Waals surface area (Å²) >= 11 is 0. The molecule has 0 spiro atoms. The Morgan fingerprint density at radius 1 is 0.885 bits per heavy atom.